The molecule has 2 unspecified atom stereocenters. The molecule has 1 heterocycles. The zero-order valence-corrected chi connectivity index (χ0v) is 25.3. The Hall–Kier alpha value is -1.96. The van der Waals surface area contributed by atoms with Gasteiger partial charge in [-0.15, -0.1) is 0 Å². The molecular formula is C32H26Cl2SiZr. The minimum Gasteiger partial charge on any atom is -1.00 e. The van der Waals surface area contributed by atoms with Crippen molar-refractivity contribution in [1.29, 1.82) is 0 Å². The Morgan fingerprint density at radius 3 is 1.89 bits per heavy atom. The normalized spacial score (nSPS) is 21.8. The van der Waals surface area contributed by atoms with Gasteiger partial charge < -0.3 is 24.8 Å². The summed E-state index contributed by atoms with van der Waals surface area (Å²) in [6, 6.07) is 41.0. The molecule has 2 aliphatic carbocycles. The van der Waals surface area contributed by atoms with Crippen molar-refractivity contribution in [2.75, 3.05) is 0 Å². The van der Waals surface area contributed by atoms with Crippen LogP contribution in [0.2, 0.25) is 13.1 Å². The predicted octanol–water partition coefficient (Wildman–Crippen LogP) is 1.77. The molecule has 7 rings (SSSR count). The van der Waals surface area contributed by atoms with Crippen molar-refractivity contribution in [2.24, 2.45) is 0 Å². The number of benzene rings is 4. The van der Waals surface area contributed by atoms with Crippen molar-refractivity contribution in [2.45, 2.75) is 19.5 Å². The fourth-order valence-corrected chi connectivity index (χ4v) is 22.6. The molecule has 3 aliphatic rings. The number of halogens is 2. The van der Waals surface area contributed by atoms with E-state index in [-0.39, 0.29) is 27.6 Å². The largest absolute Gasteiger partial charge is 1.00 e. The van der Waals surface area contributed by atoms with Gasteiger partial charge in [-0.25, -0.2) is 0 Å². The molecule has 176 valence electrons. The van der Waals surface area contributed by atoms with Crippen molar-refractivity contribution in [3.05, 3.63) is 154 Å². The minimum absolute atomic E-state index is 0. The summed E-state index contributed by atoms with van der Waals surface area (Å²) in [6.45, 7) is 5.36. The van der Waals surface area contributed by atoms with Gasteiger partial charge in [0, 0.05) is 0 Å². The van der Waals surface area contributed by atoms with Gasteiger partial charge in [0.15, 0.2) is 0 Å². The van der Waals surface area contributed by atoms with Gasteiger partial charge in [0.25, 0.3) is 0 Å². The number of hydrogen-bond donors (Lipinski definition) is 0. The van der Waals surface area contributed by atoms with Crippen molar-refractivity contribution in [3.8, 4) is 0 Å². The Bertz CT molecular complexity index is 1510. The standard InChI is InChI=1S/C32H26Si.2ClH.Zr/c1-33(2,30-22-29(23-13-5-3-6-14-23)27-19-11-12-20-28(27)30)31-21-25-17-9-10-18-26(25)32(31)24-15-7-4-8-16-24;;;/h3-22H,1-2H3;2*1H;/q;;;+2/p-2. The molecule has 0 amide bonds. The van der Waals surface area contributed by atoms with E-state index in [9.17, 15) is 0 Å². The van der Waals surface area contributed by atoms with Crippen LogP contribution < -0.4 is 24.8 Å². The van der Waals surface area contributed by atoms with Gasteiger partial charge in [-0.1, -0.05) is 0 Å². The molecule has 1 saturated heterocycles. The minimum atomic E-state index is -1.88. The van der Waals surface area contributed by atoms with Gasteiger partial charge in [0.05, 0.1) is 0 Å². The SMILES string of the molecule is C[Si]1(C)C2=C(c3ccccc3)c3ccccc3[CH]2[Zr+2][C]12C=C(c1ccccc1)c1ccccc12.[Cl-].[Cl-]. The van der Waals surface area contributed by atoms with Gasteiger partial charge in [0.1, 0.15) is 0 Å². The maximum atomic E-state index is 2.77. The van der Waals surface area contributed by atoms with E-state index in [4.69, 9.17) is 0 Å². The second-order valence-corrected chi connectivity index (χ2v) is 20.1. The van der Waals surface area contributed by atoms with Crippen molar-refractivity contribution < 1.29 is 48.0 Å². The van der Waals surface area contributed by atoms with Crippen molar-refractivity contribution >= 4 is 19.2 Å². The van der Waals surface area contributed by atoms with Crippen LogP contribution in [-0.2, 0) is 26.0 Å². The molecule has 0 bridgehead atoms. The van der Waals surface area contributed by atoms with Crippen LogP contribution in [0.5, 0.6) is 0 Å². The average molecular weight is 601 g/mol. The fraction of sp³-hybridized carbons (Fsp3) is 0.125. The van der Waals surface area contributed by atoms with E-state index in [1.807, 2.05) is 5.20 Å². The summed E-state index contributed by atoms with van der Waals surface area (Å²) >= 11 is -0.908. The van der Waals surface area contributed by atoms with Crippen LogP contribution in [0.15, 0.2) is 120 Å². The summed E-state index contributed by atoms with van der Waals surface area (Å²) in [7, 11) is -1.88. The van der Waals surface area contributed by atoms with Gasteiger partial charge in [-0.3, -0.25) is 0 Å². The Balaban J connectivity index is 0.00000133. The maximum Gasteiger partial charge on any atom is -1.00 e. The zero-order valence-electron chi connectivity index (χ0n) is 20.3. The van der Waals surface area contributed by atoms with Crippen LogP contribution in [0.4, 0.5) is 0 Å². The van der Waals surface area contributed by atoms with Gasteiger partial charge in [-0.2, -0.15) is 0 Å². The topological polar surface area (TPSA) is 0 Å². The zero-order chi connectivity index (χ0) is 22.9. The van der Waals surface area contributed by atoms with Crippen LogP contribution >= 0.6 is 0 Å². The quantitative estimate of drug-likeness (QED) is 0.308. The third kappa shape index (κ3) is 3.42. The Morgan fingerprint density at radius 2 is 1.19 bits per heavy atom. The Kier molecular flexibility index (Phi) is 6.71. The van der Waals surface area contributed by atoms with Gasteiger partial charge in [0.2, 0.25) is 0 Å². The van der Waals surface area contributed by atoms with E-state index in [1.54, 1.807) is 16.7 Å². The van der Waals surface area contributed by atoms with Crippen molar-refractivity contribution in [1.82, 2.24) is 0 Å². The average Bonchev–Trinajstić information content (AvgIpc) is 3.48. The predicted molar refractivity (Wildman–Crippen MR) is 141 cm³/mol. The summed E-state index contributed by atoms with van der Waals surface area (Å²) in [4.78, 5) is 0. The first-order chi connectivity index (χ1) is 16.6. The van der Waals surface area contributed by atoms with E-state index in [0.717, 1.165) is 0 Å². The molecule has 0 saturated carbocycles. The molecule has 2 atom stereocenters. The third-order valence-electron chi connectivity index (χ3n) is 8.28. The van der Waals surface area contributed by atoms with Crippen LogP contribution in [0.25, 0.3) is 11.1 Å². The molecule has 0 aromatic heterocycles. The van der Waals surface area contributed by atoms with E-state index in [1.165, 1.54) is 27.8 Å². The molecule has 4 aromatic rings. The second kappa shape index (κ2) is 9.41. The maximum absolute atomic E-state index is 2.77. The van der Waals surface area contributed by atoms with Crippen molar-refractivity contribution in [3.63, 3.8) is 0 Å². The molecular weight excluding hydrogens is 575 g/mol. The monoisotopic (exact) mass is 598 g/mol. The molecule has 36 heavy (non-hydrogen) atoms. The smallest absolute Gasteiger partial charge is 1.00 e. The van der Waals surface area contributed by atoms with E-state index in [2.05, 4.69) is 128 Å². The first-order valence-corrected chi connectivity index (χ1v) is 17.8. The first-order valence-electron chi connectivity index (χ1n) is 12.2. The number of hydrogen-bond acceptors (Lipinski definition) is 0. The van der Waals surface area contributed by atoms with Gasteiger partial charge >= 0.3 is 216 Å². The molecule has 0 nitrogen and oxygen atoms in total. The summed E-state index contributed by atoms with van der Waals surface area (Å²) in [5, 5.41) is 1.83. The number of fused-ring (bicyclic) bond motifs is 5. The van der Waals surface area contributed by atoms with Crippen LogP contribution in [0.3, 0.4) is 0 Å². The van der Waals surface area contributed by atoms with E-state index < -0.39 is 31.3 Å². The molecule has 0 radical (unpaired) electrons. The van der Waals surface area contributed by atoms with Gasteiger partial charge in [-0.05, 0) is 0 Å². The molecule has 4 aromatic carbocycles. The third-order valence-corrected chi connectivity index (χ3v) is 23.0. The van der Waals surface area contributed by atoms with Crippen LogP contribution in [0, 0.1) is 0 Å². The number of allylic oxidation sites excluding steroid dienone is 2. The summed E-state index contributed by atoms with van der Waals surface area (Å²) in [6.07, 6.45) is 2.77. The molecule has 0 N–H and O–H groups in total. The van der Waals surface area contributed by atoms with E-state index >= 15 is 0 Å². The fourth-order valence-electron chi connectivity index (χ4n) is 6.71. The van der Waals surface area contributed by atoms with Crippen LogP contribution in [-0.4, -0.2) is 8.07 Å². The first kappa shape index (κ1) is 25.7. The Labute approximate surface area is 239 Å². The Morgan fingerprint density at radius 1 is 0.639 bits per heavy atom. The van der Waals surface area contributed by atoms with Crippen LogP contribution in [0.1, 0.15) is 37.0 Å². The molecule has 1 aliphatic heterocycles. The second-order valence-electron chi connectivity index (χ2n) is 10.2. The summed E-state index contributed by atoms with van der Waals surface area (Å²) < 4.78 is 0.960. The number of rotatable bonds is 2. The molecule has 4 heteroatoms. The summed E-state index contributed by atoms with van der Waals surface area (Å²) in [5.41, 5.74) is 12.0. The molecule has 1 fully saturated rings. The molecule has 1 spiro atoms. The van der Waals surface area contributed by atoms with E-state index in [0.29, 0.717) is 3.63 Å². The summed E-state index contributed by atoms with van der Waals surface area (Å²) in [5.74, 6) is 0.